The molecule has 8 heavy (non-hydrogen) atoms. The lowest BCUT2D eigenvalue weighted by Crippen LogP contribution is -1.98. The van der Waals surface area contributed by atoms with Gasteiger partial charge in [-0.1, -0.05) is 26.7 Å². The van der Waals surface area contributed by atoms with Gasteiger partial charge in [-0.2, -0.15) is 0 Å². The summed E-state index contributed by atoms with van der Waals surface area (Å²) in [6.07, 6.45) is 3.79. The summed E-state index contributed by atoms with van der Waals surface area (Å²) in [6.45, 7) is 4.40. The Bertz CT molecular complexity index is 39.7. The summed E-state index contributed by atoms with van der Waals surface area (Å²) in [6, 6.07) is 0. The normalized spacial score (nSPS) is 13.9. The van der Waals surface area contributed by atoms with E-state index in [2.05, 4.69) is 13.8 Å². The summed E-state index contributed by atoms with van der Waals surface area (Å²) < 4.78 is 0. The highest BCUT2D eigenvalue weighted by molar-refractivity contribution is 6.18. The molecule has 0 heterocycles. The van der Waals surface area contributed by atoms with Crippen molar-refractivity contribution >= 4 is 11.6 Å². The molecule has 0 radical (unpaired) electrons. The zero-order valence-corrected chi connectivity index (χ0v) is 6.54. The third-order valence-electron chi connectivity index (χ3n) is 1.49. The molecule has 1 unspecified atom stereocenters. The fraction of sp³-hybridized carbons (Fsp3) is 1.00. The zero-order chi connectivity index (χ0) is 6.41. The molecule has 0 bridgehead atoms. The van der Waals surface area contributed by atoms with Crippen molar-refractivity contribution in [1.82, 2.24) is 0 Å². The predicted octanol–water partition coefficient (Wildman–Crippen LogP) is 3.05. The van der Waals surface area contributed by atoms with Gasteiger partial charge in [-0.05, 0) is 12.3 Å². The summed E-state index contributed by atoms with van der Waals surface area (Å²) in [5.74, 6) is 1.60. The maximum Gasteiger partial charge on any atom is 0.0251 e. The molecule has 0 aliphatic rings. The Morgan fingerprint density at radius 3 is 2.12 bits per heavy atom. The third-order valence-corrected chi connectivity index (χ3v) is 1.93. The first-order chi connectivity index (χ1) is 3.85. The van der Waals surface area contributed by atoms with Gasteiger partial charge in [0.2, 0.25) is 0 Å². The molecular formula is C7H15Cl. The quantitative estimate of drug-likeness (QED) is 0.519. The molecule has 0 amide bonds. The Labute approximate surface area is 57.2 Å². The van der Waals surface area contributed by atoms with Crippen LogP contribution < -0.4 is 0 Å². The second kappa shape index (κ2) is 5.43. The highest BCUT2D eigenvalue weighted by atomic mass is 35.5. The monoisotopic (exact) mass is 134 g/mol. The standard InChI is InChI=1S/C7H15Cl/c1-3-5-7(4-2)6-8/h7H,3-6H2,1-2H3. The highest BCUT2D eigenvalue weighted by Crippen LogP contribution is 2.11. The number of alkyl halides is 1. The number of halogens is 1. The van der Waals surface area contributed by atoms with Crippen LogP contribution >= 0.6 is 11.6 Å². The molecule has 1 atom stereocenters. The number of rotatable bonds is 4. The van der Waals surface area contributed by atoms with Gasteiger partial charge in [0.15, 0.2) is 0 Å². The van der Waals surface area contributed by atoms with E-state index in [-0.39, 0.29) is 0 Å². The molecule has 0 aliphatic heterocycles. The van der Waals surface area contributed by atoms with Gasteiger partial charge in [0.1, 0.15) is 0 Å². The van der Waals surface area contributed by atoms with Gasteiger partial charge >= 0.3 is 0 Å². The van der Waals surface area contributed by atoms with Gasteiger partial charge < -0.3 is 0 Å². The van der Waals surface area contributed by atoms with Crippen LogP contribution in [0.25, 0.3) is 0 Å². The minimum Gasteiger partial charge on any atom is -0.126 e. The minimum absolute atomic E-state index is 0.765. The average Bonchev–Trinajstić information content (AvgIpc) is 1.83. The van der Waals surface area contributed by atoms with Gasteiger partial charge in [0.05, 0.1) is 0 Å². The molecule has 0 aromatic heterocycles. The molecule has 0 nitrogen and oxygen atoms in total. The minimum atomic E-state index is 0.765. The smallest absolute Gasteiger partial charge is 0.0251 e. The van der Waals surface area contributed by atoms with Crippen LogP contribution in [0.2, 0.25) is 0 Å². The Morgan fingerprint density at radius 1 is 1.38 bits per heavy atom. The van der Waals surface area contributed by atoms with Gasteiger partial charge in [-0.15, -0.1) is 11.6 Å². The Kier molecular flexibility index (Phi) is 5.62. The van der Waals surface area contributed by atoms with Crippen molar-refractivity contribution in [3.63, 3.8) is 0 Å². The van der Waals surface area contributed by atoms with Crippen molar-refractivity contribution in [3.8, 4) is 0 Å². The highest BCUT2D eigenvalue weighted by Gasteiger charge is 2.00. The van der Waals surface area contributed by atoms with E-state index in [0.717, 1.165) is 11.8 Å². The summed E-state index contributed by atoms with van der Waals surface area (Å²) in [7, 11) is 0. The van der Waals surface area contributed by atoms with Crippen molar-refractivity contribution in [2.75, 3.05) is 5.88 Å². The van der Waals surface area contributed by atoms with Crippen LogP contribution in [0.4, 0.5) is 0 Å². The van der Waals surface area contributed by atoms with Crippen molar-refractivity contribution < 1.29 is 0 Å². The second-order valence-electron chi connectivity index (χ2n) is 2.22. The first-order valence-electron chi connectivity index (χ1n) is 3.41. The summed E-state index contributed by atoms with van der Waals surface area (Å²) >= 11 is 5.65. The number of hydrogen-bond donors (Lipinski definition) is 0. The molecule has 0 aliphatic carbocycles. The van der Waals surface area contributed by atoms with Crippen molar-refractivity contribution in [1.29, 1.82) is 0 Å². The first-order valence-corrected chi connectivity index (χ1v) is 3.94. The van der Waals surface area contributed by atoms with Crippen LogP contribution in [0, 0.1) is 5.92 Å². The first kappa shape index (κ1) is 8.29. The van der Waals surface area contributed by atoms with Gasteiger partial charge in [-0.3, -0.25) is 0 Å². The fourth-order valence-electron chi connectivity index (χ4n) is 0.799. The van der Waals surface area contributed by atoms with Crippen molar-refractivity contribution in [3.05, 3.63) is 0 Å². The summed E-state index contributed by atoms with van der Waals surface area (Å²) in [4.78, 5) is 0. The van der Waals surface area contributed by atoms with E-state index in [9.17, 15) is 0 Å². The van der Waals surface area contributed by atoms with Gasteiger partial charge in [-0.25, -0.2) is 0 Å². The Balaban J connectivity index is 3.07. The molecule has 1 heteroatoms. The van der Waals surface area contributed by atoms with Crippen LogP contribution in [-0.2, 0) is 0 Å². The zero-order valence-electron chi connectivity index (χ0n) is 5.78. The number of hydrogen-bond acceptors (Lipinski definition) is 0. The maximum atomic E-state index is 5.65. The molecule has 0 rings (SSSR count). The van der Waals surface area contributed by atoms with E-state index in [0.29, 0.717) is 0 Å². The van der Waals surface area contributed by atoms with Crippen LogP contribution in [0.1, 0.15) is 33.1 Å². The summed E-state index contributed by atoms with van der Waals surface area (Å²) in [5, 5.41) is 0. The molecular weight excluding hydrogens is 120 g/mol. The van der Waals surface area contributed by atoms with Crippen LogP contribution in [0.5, 0.6) is 0 Å². The molecule has 0 spiro atoms. The lowest BCUT2D eigenvalue weighted by atomic mass is 10.0. The molecule has 0 saturated carbocycles. The largest absolute Gasteiger partial charge is 0.126 e. The van der Waals surface area contributed by atoms with Crippen molar-refractivity contribution in [2.45, 2.75) is 33.1 Å². The van der Waals surface area contributed by atoms with Gasteiger partial charge in [0.25, 0.3) is 0 Å². The molecule has 0 aromatic carbocycles. The molecule has 0 N–H and O–H groups in total. The maximum absolute atomic E-state index is 5.65. The third kappa shape index (κ3) is 3.31. The Morgan fingerprint density at radius 2 is 2.00 bits per heavy atom. The van der Waals surface area contributed by atoms with E-state index in [1.165, 1.54) is 19.3 Å². The predicted molar refractivity (Wildman–Crippen MR) is 39.4 cm³/mol. The summed E-state index contributed by atoms with van der Waals surface area (Å²) in [5.41, 5.74) is 0. The average molecular weight is 135 g/mol. The molecule has 0 aromatic rings. The van der Waals surface area contributed by atoms with Crippen molar-refractivity contribution in [2.24, 2.45) is 5.92 Å². The fourth-order valence-corrected chi connectivity index (χ4v) is 1.17. The van der Waals surface area contributed by atoms with E-state index in [4.69, 9.17) is 11.6 Å². The van der Waals surface area contributed by atoms with E-state index in [1.54, 1.807) is 0 Å². The SMILES string of the molecule is CCCC(CC)CCl. The van der Waals surface area contributed by atoms with Crippen LogP contribution in [0.3, 0.4) is 0 Å². The lowest BCUT2D eigenvalue weighted by Gasteiger charge is -2.06. The van der Waals surface area contributed by atoms with E-state index < -0.39 is 0 Å². The molecule has 0 fully saturated rings. The van der Waals surface area contributed by atoms with E-state index in [1.807, 2.05) is 0 Å². The topological polar surface area (TPSA) is 0 Å². The molecule has 0 saturated heterocycles. The Hall–Kier alpha value is 0.290. The van der Waals surface area contributed by atoms with Crippen LogP contribution in [-0.4, -0.2) is 5.88 Å². The lowest BCUT2D eigenvalue weighted by molar-refractivity contribution is 0.515. The van der Waals surface area contributed by atoms with E-state index >= 15 is 0 Å². The van der Waals surface area contributed by atoms with Gasteiger partial charge in [0, 0.05) is 5.88 Å². The second-order valence-corrected chi connectivity index (χ2v) is 2.53. The van der Waals surface area contributed by atoms with Crippen LogP contribution in [0.15, 0.2) is 0 Å². The molecule has 50 valence electrons.